The Bertz CT molecular complexity index is 1240. The first-order valence-corrected chi connectivity index (χ1v) is 11.3. The highest BCUT2D eigenvalue weighted by molar-refractivity contribution is 6.39. The summed E-state index contributed by atoms with van der Waals surface area (Å²) < 4.78 is 17.5. The van der Waals surface area contributed by atoms with Crippen molar-refractivity contribution in [2.45, 2.75) is 39.7 Å². The zero-order valence-electron chi connectivity index (χ0n) is 19.7. The summed E-state index contributed by atoms with van der Waals surface area (Å²) in [5.74, 6) is -3.80. The van der Waals surface area contributed by atoms with Crippen molar-refractivity contribution in [1.82, 2.24) is 15.3 Å². The van der Waals surface area contributed by atoms with Crippen LogP contribution in [0, 0.1) is 11.9 Å². The van der Waals surface area contributed by atoms with Gasteiger partial charge in [-0.05, 0) is 30.9 Å². The molecule has 0 fully saturated rings. The number of nitrogens with one attached hydrogen (secondary N) is 1. The molecule has 0 aliphatic carbocycles. The zero-order chi connectivity index (χ0) is 27.4. The fourth-order valence-electron chi connectivity index (χ4n) is 2.84. The van der Waals surface area contributed by atoms with Gasteiger partial charge in [0.05, 0.1) is 11.3 Å². The van der Waals surface area contributed by atoms with Gasteiger partial charge >= 0.3 is 11.9 Å². The molecule has 194 valence electrons. The first kappa shape index (κ1) is 28.7. The number of anilines is 1. The monoisotopic (exact) mass is 543 g/mol. The molecule has 1 aliphatic rings. The first-order valence-electron chi connectivity index (χ1n) is 10.5. The number of amidine groups is 1. The Morgan fingerprint density at radius 1 is 1.28 bits per heavy atom. The number of carboxylic acid groups (broad SMARTS) is 2. The third-order valence-corrected chi connectivity index (χ3v) is 6.07. The highest BCUT2D eigenvalue weighted by Crippen LogP contribution is 2.35. The molecule has 0 aromatic carbocycles. The van der Waals surface area contributed by atoms with Gasteiger partial charge in [-0.2, -0.15) is 9.37 Å². The lowest BCUT2D eigenvalue weighted by atomic mass is 9.89. The van der Waals surface area contributed by atoms with Crippen LogP contribution in [0.3, 0.4) is 0 Å². The smallest absolute Gasteiger partial charge is 0.341 e. The second-order valence-electron chi connectivity index (χ2n) is 8.05. The molecule has 3 heterocycles. The maximum Gasteiger partial charge on any atom is 0.341 e. The average molecular weight is 544 g/mol. The number of carbonyl (C=O) groups excluding carboxylic acids is 1. The molecule has 0 bridgehead atoms. The molecule has 0 radical (unpaired) electrons. The van der Waals surface area contributed by atoms with Crippen LogP contribution in [0.4, 0.5) is 10.1 Å². The van der Waals surface area contributed by atoms with Crippen molar-refractivity contribution in [2.24, 2.45) is 10.9 Å². The van der Waals surface area contributed by atoms with Gasteiger partial charge in [-0.15, -0.1) is 0 Å². The molecule has 1 unspecified atom stereocenters. The summed E-state index contributed by atoms with van der Waals surface area (Å²) in [6.45, 7) is 6.76. The van der Waals surface area contributed by atoms with E-state index < -0.39 is 40.9 Å². The van der Waals surface area contributed by atoms with E-state index in [-0.39, 0.29) is 39.6 Å². The predicted octanol–water partition coefficient (Wildman–Crippen LogP) is 3.21. The number of pyridine rings is 2. The summed E-state index contributed by atoms with van der Waals surface area (Å²) in [6.07, 6.45) is 2.30. The van der Waals surface area contributed by atoms with E-state index in [1.807, 2.05) is 20.8 Å². The van der Waals surface area contributed by atoms with Gasteiger partial charge < -0.3 is 26.0 Å². The molecule has 0 spiro atoms. The number of aliphatic imine (C=N–C) groups is 1. The van der Waals surface area contributed by atoms with Gasteiger partial charge in [0.25, 0.3) is 5.91 Å². The molecule has 1 aliphatic heterocycles. The molecular formula is C22H24Cl2FN5O6. The number of nitrogen functional groups attached to an aromatic ring is 1. The molecule has 1 atom stereocenters. The highest BCUT2D eigenvalue weighted by Gasteiger charge is 2.43. The van der Waals surface area contributed by atoms with Gasteiger partial charge in [0.1, 0.15) is 21.3 Å². The van der Waals surface area contributed by atoms with Crippen molar-refractivity contribution in [2.75, 3.05) is 12.3 Å². The molecule has 3 rings (SSSR count). The number of ether oxygens (including phenoxy) is 1. The number of carbonyl (C=O) groups is 3. The molecular weight excluding hydrogens is 520 g/mol. The van der Waals surface area contributed by atoms with E-state index >= 15 is 0 Å². The Hall–Kier alpha value is -3.51. The van der Waals surface area contributed by atoms with E-state index in [1.54, 1.807) is 19.2 Å². The lowest BCUT2D eigenvalue weighted by molar-refractivity contribution is -0.139. The van der Waals surface area contributed by atoms with Crippen LogP contribution >= 0.6 is 23.2 Å². The second-order valence-corrected chi connectivity index (χ2v) is 8.80. The van der Waals surface area contributed by atoms with Crippen molar-refractivity contribution in [1.29, 1.82) is 0 Å². The van der Waals surface area contributed by atoms with Crippen LogP contribution in [0.5, 0.6) is 5.88 Å². The zero-order valence-corrected chi connectivity index (χ0v) is 21.2. The van der Waals surface area contributed by atoms with Gasteiger partial charge in [-0.1, -0.05) is 44.0 Å². The van der Waals surface area contributed by atoms with Crippen LogP contribution in [0.15, 0.2) is 17.3 Å². The molecule has 1 amide bonds. The fourth-order valence-corrected chi connectivity index (χ4v) is 3.21. The van der Waals surface area contributed by atoms with Crippen LogP contribution in [-0.2, 0) is 16.0 Å². The molecule has 36 heavy (non-hydrogen) atoms. The maximum atomic E-state index is 12.9. The summed E-state index contributed by atoms with van der Waals surface area (Å²) in [4.78, 5) is 45.5. The van der Waals surface area contributed by atoms with Gasteiger partial charge in [0.2, 0.25) is 11.8 Å². The third-order valence-electron chi connectivity index (χ3n) is 5.34. The summed E-state index contributed by atoms with van der Waals surface area (Å²) >= 11 is 11.0. The summed E-state index contributed by atoms with van der Waals surface area (Å²) in [7, 11) is 0. The molecule has 2 aromatic rings. The van der Waals surface area contributed by atoms with Crippen molar-refractivity contribution in [3.05, 3.63) is 45.1 Å². The Morgan fingerprint density at radius 3 is 2.42 bits per heavy atom. The quantitative estimate of drug-likeness (QED) is 0.381. The largest absolute Gasteiger partial charge is 0.479 e. The number of hydrogen-bond acceptors (Lipinski definition) is 8. The van der Waals surface area contributed by atoms with Gasteiger partial charge in [0.15, 0.2) is 12.4 Å². The van der Waals surface area contributed by atoms with Crippen molar-refractivity contribution in [3.63, 3.8) is 0 Å². The third kappa shape index (κ3) is 6.18. The van der Waals surface area contributed by atoms with E-state index in [9.17, 15) is 23.9 Å². The lowest BCUT2D eigenvalue weighted by Crippen LogP contribution is -2.41. The van der Waals surface area contributed by atoms with Crippen molar-refractivity contribution >= 4 is 52.6 Å². The minimum Gasteiger partial charge on any atom is -0.479 e. The number of aromatic carboxylic acids is 1. The Balaban J connectivity index is 0.000000269. The molecule has 2 aromatic heterocycles. The van der Waals surface area contributed by atoms with Crippen molar-refractivity contribution < 1.29 is 33.7 Å². The van der Waals surface area contributed by atoms with E-state index in [0.29, 0.717) is 6.42 Å². The van der Waals surface area contributed by atoms with E-state index in [1.165, 1.54) is 0 Å². The lowest BCUT2D eigenvalue weighted by Gasteiger charge is -2.21. The number of aliphatic carboxylic acids is 1. The van der Waals surface area contributed by atoms with Crippen LogP contribution in [0.1, 0.15) is 49.3 Å². The molecule has 0 saturated heterocycles. The van der Waals surface area contributed by atoms with Crippen LogP contribution in [0.2, 0.25) is 10.0 Å². The van der Waals surface area contributed by atoms with Gasteiger partial charge in [-0.3, -0.25) is 9.78 Å². The molecule has 11 nitrogen and oxygen atoms in total. The Morgan fingerprint density at radius 2 is 1.92 bits per heavy atom. The number of hydrogen-bond donors (Lipinski definition) is 4. The normalized spacial score (nSPS) is 16.7. The van der Waals surface area contributed by atoms with Crippen LogP contribution in [-0.4, -0.2) is 56.0 Å². The number of aromatic nitrogens is 2. The van der Waals surface area contributed by atoms with Crippen LogP contribution in [0.25, 0.3) is 0 Å². The fraction of sp³-hybridized carbons (Fsp3) is 0.364. The standard InChI is InChI=1S/C15H19N3O3.C7H5Cl2FN2O3/c1-5-9-6-10(13(19)20)11(16-7-9)12-17-14(21)15(4,18-12)8(2)3;8-3-5(11)4(9)7(12-6(3)10)15-1-2(13)14/h6-8H,5H2,1-4H3,(H,19,20)(H,17,18,21);1H2,(H2,11,12)(H,13,14). The number of aryl methyl sites for hydroxylation is 1. The van der Waals surface area contributed by atoms with E-state index in [0.717, 1.165) is 5.56 Å². The minimum atomic E-state index is -1.25. The number of amides is 1. The molecule has 14 heteroatoms. The summed E-state index contributed by atoms with van der Waals surface area (Å²) in [6, 6.07) is 1.57. The number of rotatable bonds is 7. The number of nitrogens with zero attached hydrogens (tertiary/aromatic N) is 3. The minimum absolute atomic E-state index is 0.00167. The maximum absolute atomic E-state index is 12.9. The van der Waals surface area contributed by atoms with Gasteiger partial charge in [0, 0.05) is 6.20 Å². The highest BCUT2D eigenvalue weighted by atomic mass is 35.5. The number of nitrogens with two attached hydrogens (primary N) is 1. The Kier molecular flexibility index (Phi) is 9.16. The second kappa shape index (κ2) is 11.5. The molecule has 5 N–H and O–H groups in total. The number of carboxylic acids is 2. The average Bonchev–Trinajstić information content (AvgIpc) is 3.14. The van der Waals surface area contributed by atoms with Gasteiger partial charge in [-0.25, -0.2) is 14.6 Å². The molecule has 0 saturated carbocycles. The van der Waals surface area contributed by atoms with E-state index in [2.05, 4.69) is 25.0 Å². The topological polar surface area (TPSA) is 177 Å². The SMILES string of the molecule is CCc1cnc(C2=NC(C)(C(C)C)C(=O)N2)c(C(=O)O)c1.Nc1c(Cl)c(F)nc(OCC(=O)O)c1Cl. The predicted molar refractivity (Wildman–Crippen MR) is 130 cm³/mol. The van der Waals surface area contributed by atoms with Crippen LogP contribution < -0.4 is 15.8 Å². The van der Waals surface area contributed by atoms with E-state index in [4.69, 9.17) is 34.0 Å². The number of halogens is 3. The van der Waals surface area contributed by atoms with Crippen molar-refractivity contribution in [3.8, 4) is 5.88 Å². The summed E-state index contributed by atoms with van der Waals surface area (Å²) in [5, 5.41) is 19.7. The summed E-state index contributed by atoms with van der Waals surface area (Å²) in [5.41, 5.74) is 5.27. The first-order chi connectivity index (χ1) is 16.7. The Labute approximate surface area is 215 Å².